The fourth-order valence-corrected chi connectivity index (χ4v) is 1.61. The van der Waals surface area contributed by atoms with Gasteiger partial charge in [-0.25, -0.2) is 0 Å². The maximum atomic E-state index is 8.66. The molecule has 0 N–H and O–H groups in total. The second kappa shape index (κ2) is 6.90. The van der Waals surface area contributed by atoms with Crippen LogP contribution in [-0.2, 0) is 0 Å². The minimum absolute atomic E-state index is 0.590. The first-order valence-corrected chi connectivity index (χ1v) is 5.91. The van der Waals surface area contributed by atoms with Gasteiger partial charge < -0.3 is 4.90 Å². The smallest absolute Gasteiger partial charge is 0.0640 e. The average Bonchev–Trinajstić information content (AvgIpc) is 2.30. The van der Waals surface area contributed by atoms with Crippen LogP contribution in [0.15, 0.2) is 30.3 Å². The Morgan fingerprint density at radius 1 is 1.19 bits per heavy atom. The number of para-hydroxylation sites is 1. The Balaban J connectivity index is 2.60. The van der Waals surface area contributed by atoms with Crippen LogP contribution in [0.2, 0.25) is 0 Å². The molecule has 0 saturated heterocycles. The highest BCUT2D eigenvalue weighted by Crippen LogP contribution is 2.15. The summed E-state index contributed by atoms with van der Waals surface area (Å²) in [5, 5.41) is 8.66. The highest BCUT2D eigenvalue weighted by molar-refractivity contribution is 5.45. The number of nitriles is 1. The van der Waals surface area contributed by atoms with E-state index in [0.717, 1.165) is 13.1 Å². The summed E-state index contributed by atoms with van der Waals surface area (Å²) in [4.78, 5) is 2.29. The summed E-state index contributed by atoms with van der Waals surface area (Å²) < 4.78 is 0. The number of nitrogens with zero attached hydrogens (tertiary/aromatic N) is 2. The van der Waals surface area contributed by atoms with Crippen LogP contribution < -0.4 is 4.90 Å². The van der Waals surface area contributed by atoms with Crippen molar-refractivity contribution >= 4 is 5.69 Å². The molecular formula is C14H20N2. The molecule has 0 saturated carbocycles. The van der Waals surface area contributed by atoms with Gasteiger partial charge in [-0.05, 0) is 24.5 Å². The summed E-state index contributed by atoms with van der Waals surface area (Å²) >= 11 is 0. The maximum Gasteiger partial charge on any atom is 0.0640 e. The van der Waals surface area contributed by atoms with Crippen LogP contribution in [0.4, 0.5) is 5.69 Å². The molecule has 0 atom stereocenters. The van der Waals surface area contributed by atoms with Crippen LogP contribution >= 0.6 is 0 Å². The molecule has 0 unspecified atom stereocenters. The minimum Gasteiger partial charge on any atom is -0.370 e. The zero-order valence-corrected chi connectivity index (χ0v) is 10.2. The molecule has 0 aliphatic heterocycles. The molecule has 0 fully saturated rings. The molecule has 0 aromatic heterocycles. The van der Waals surface area contributed by atoms with E-state index in [9.17, 15) is 0 Å². The van der Waals surface area contributed by atoms with Crippen LogP contribution in [0.25, 0.3) is 0 Å². The fraction of sp³-hybridized carbons (Fsp3) is 0.500. The molecule has 0 radical (unpaired) electrons. The Labute approximate surface area is 98.5 Å². The number of anilines is 1. The topological polar surface area (TPSA) is 27.0 Å². The van der Waals surface area contributed by atoms with Gasteiger partial charge in [0.15, 0.2) is 0 Å². The van der Waals surface area contributed by atoms with E-state index < -0.39 is 0 Å². The van der Waals surface area contributed by atoms with E-state index >= 15 is 0 Å². The first-order valence-electron chi connectivity index (χ1n) is 5.91. The van der Waals surface area contributed by atoms with Crippen LogP contribution in [-0.4, -0.2) is 13.1 Å². The summed E-state index contributed by atoms with van der Waals surface area (Å²) in [5.74, 6) is 0.702. The first kappa shape index (κ1) is 12.6. The Morgan fingerprint density at radius 2 is 1.88 bits per heavy atom. The van der Waals surface area contributed by atoms with E-state index in [2.05, 4.69) is 36.9 Å². The summed E-state index contributed by atoms with van der Waals surface area (Å²) in [6.07, 6.45) is 1.76. The van der Waals surface area contributed by atoms with Gasteiger partial charge in [-0.2, -0.15) is 5.26 Å². The lowest BCUT2D eigenvalue weighted by Gasteiger charge is -2.24. The Bertz CT molecular complexity index is 324. The van der Waals surface area contributed by atoms with E-state index in [1.54, 1.807) is 0 Å². The second-order valence-corrected chi connectivity index (χ2v) is 4.41. The maximum absolute atomic E-state index is 8.66. The summed E-state index contributed by atoms with van der Waals surface area (Å²) in [7, 11) is 0. The third-order valence-corrected chi connectivity index (χ3v) is 2.59. The van der Waals surface area contributed by atoms with Crippen molar-refractivity contribution in [3.05, 3.63) is 30.3 Å². The molecule has 16 heavy (non-hydrogen) atoms. The predicted octanol–water partition coefficient (Wildman–Crippen LogP) is 3.45. The lowest BCUT2D eigenvalue weighted by molar-refractivity contribution is 0.573. The normalized spacial score (nSPS) is 10.1. The Morgan fingerprint density at radius 3 is 2.44 bits per heavy atom. The highest BCUT2D eigenvalue weighted by atomic mass is 15.1. The number of rotatable bonds is 6. The fourth-order valence-electron chi connectivity index (χ4n) is 1.61. The Hall–Kier alpha value is -1.49. The molecule has 0 bridgehead atoms. The molecule has 2 nitrogen and oxygen atoms in total. The van der Waals surface area contributed by atoms with Crippen molar-refractivity contribution in [1.82, 2.24) is 0 Å². The van der Waals surface area contributed by atoms with Gasteiger partial charge in [0.2, 0.25) is 0 Å². The molecule has 1 aromatic carbocycles. The molecule has 86 valence electrons. The van der Waals surface area contributed by atoms with Crippen molar-refractivity contribution < 1.29 is 0 Å². The number of hydrogen-bond donors (Lipinski definition) is 0. The van der Waals surface area contributed by atoms with Gasteiger partial charge in [0.05, 0.1) is 12.5 Å². The van der Waals surface area contributed by atoms with Gasteiger partial charge in [-0.15, -0.1) is 0 Å². The lowest BCUT2D eigenvalue weighted by Crippen LogP contribution is -2.26. The van der Waals surface area contributed by atoms with Crippen LogP contribution in [0.3, 0.4) is 0 Å². The van der Waals surface area contributed by atoms with Crippen molar-refractivity contribution in [2.24, 2.45) is 5.92 Å². The molecule has 0 heterocycles. The molecule has 0 aliphatic carbocycles. The summed E-state index contributed by atoms with van der Waals surface area (Å²) in [6.45, 7) is 6.32. The molecule has 2 heteroatoms. The molecule has 0 aliphatic rings. The summed E-state index contributed by atoms with van der Waals surface area (Å²) in [5.41, 5.74) is 1.22. The zero-order valence-electron chi connectivity index (χ0n) is 10.2. The highest BCUT2D eigenvalue weighted by Gasteiger charge is 2.06. The van der Waals surface area contributed by atoms with E-state index in [4.69, 9.17) is 5.26 Å². The lowest BCUT2D eigenvalue weighted by atomic mass is 10.1. The van der Waals surface area contributed by atoms with E-state index in [-0.39, 0.29) is 0 Å². The van der Waals surface area contributed by atoms with E-state index in [1.807, 2.05) is 18.2 Å². The Kier molecular flexibility index (Phi) is 5.42. The number of hydrogen-bond acceptors (Lipinski definition) is 2. The van der Waals surface area contributed by atoms with Gasteiger partial charge in [0, 0.05) is 18.8 Å². The van der Waals surface area contributed by atoms with Crippen molar-refractivity contribution in [2.45, 2.75) is 26.7 Å². The monoisotopic (exact) mass is 216 g/mol. The van der Waals surface area contributed by atoms with E-state index in [1.165, 1.54) is 12.1 Å². The quantitative estimate of drug-likeness (QED) is 0.728. The first-order chi connectivity index (χ1) is 7.74. The minimum atomic E-state index is 0.590. The predicted molar refractivity (Wildman–Crippen MR) is 68.3 cm³/mol. The average molecular weight is 216 g/mol. The second-order valence-electron chi connectivity index (χ2n) is 4.41. The SMILES string of the molecule is CC(C)CCN(CCC#N)c1ccccc1. The van der Waals surface area contributed by atoms with Crippen LogP contribution in [0, 0.1) is 17.2 Å². The van der Waals surface area contributed by atoms with Gasteiger partial charge >= 0.3 is 0 Å². The van der Waals surface area contributed by atoms with E-state index in [0.29, 0.717) is 12.3 Å². The molecule has 0 spiro atoms. The van der Waals surface area contributed by atoms with Gasteiger partial charge in [-0.3, -0.25) is 0 Å². The molecule has 0 amide bonds. The van der Waals surface area contributed by atoms with Gasteiger partial charge in [0.25, 0.3) is 0 Å². The van der Waals surface area contributed by atoms with Crippen LogP contribution in [0.1, 0.15) is 26.7 Å². The molecular weight excluding hydrogens is 196 g/mol. The van der Waals surface area contributed by atoms with Gasteiger partial charge in [-0.1, -0.05) is 32.0 Å². The number of benzene rings is 1. The van der Waals surface area contributed by atoms with Crippen molar-refractivity contribution in [3.8, 4) is 6.07 Å². The van der Waals surface area contributed by atoms with Crippen molar-refractivity contribution in [3.63, 3.8) is 0 Å². The molecule has 1 aromatic rings. The third-order valence-electron chi connectivity index (χ3n) is 2.59. The van der Waals surface area contributed by atoms with Gasteiger partial charge in [0.1, 0.15) is 0 Å². The summed E-state index contributed by atoms with van der Waals surface area (Å²) in [6, 6.07) is 12.5. The third kappa shape index (κ3) is 4.35. The molecule has 1 rings (SSSR count). The zero-order chi connectivity index (χ0) is 11.8. The largest absolute Gasteiger partial charge is 0.370 e. The standard InChI is InChI=1S/C14H20N2/c1-13(2)9-12-16(11-6-10-15)14-7-4-3-5-8-14/h3-5,7-8,13H,6,9,11-12H2,1-2H3. The van der Waals surface area contributed by atoms with Crippen LogP contribution in [0.5, 0.6) is 0 Å². The van der Waals surface area contributed by atoms with Crippen molar-refractivity contribution in [2.75, 3.05) is 18.0 Å². The van der Waals surface area contributed by atoms with Crippen molar-refractivity contribution in [1.29, 1.82) is 5.26 Å².